The first-order valence-electron chi connectivity index (χ1n) is 5.11. The van der Waals surface area contributed by atoms with Gasteiger partial charge in [-0.3, -0.25) is 4.79 Å². The molecule has 1 amide bonds. The lowest BCUT2D eigenvalue weighted by Gasteiger charge is -2.13. The number of amides is 1. The molecule has 0 spiro atoms. The van der Waals surface area contributed by atoms with Crippen LogP contribution in [0.1, 0.15) is 10.4 Å². The second-order valence-electron chi connectivity index (χ2n) is 3.44. The minimum Gasteiger partial charge on any atom is -0.465 e. The second kappa shape index (κ2) is 6.11. The van der Waals surface area contributed by atoms with Gasteiger partial charge in [0.15, 0.2) is 0 Å². The molecule has 0 heterocycles. The number of nitrogens with two attached hydrogens (primary N) is 1. The molecule has 6 nitrogen and oxygen atoms in total. The number of rotatable bonds is 4. The first kappa shape index (κ1) is 14.1. The van der Waals surface area contributed by atoms with Gasteiger partial charge in [0.25, 0.3) is 0 Å². The predicted octanol–water partition coefficient (Wildman–Crippen LogP) is 0.867. The molecular weight excluding hydrogens is 258 g/mol. The van der Waals surface area contributed by atoms with E-state index in [4.69, 9.17) is 17.3 Å². The average Bonchev–Trinajstić information content (AvgIpc) is 2.35. The van der Waals surface area contributed by atoms with Crippen LogP contribution < -0.4 is 16.4 Å². The Morgan fingerprint density at radius 2 is 2.11 bits per heavy atom. The summed E-state index contributed by atoms with van der Waals surface area (Å²) in [5.41, 5.74) is 6.45. The van der Waals surface area contributed by atoms with Crippen molar-refractivity contribution < 1.29 is 14.3 Å². The number of likely N-dealkylation sites (N-methyl/N-ethyl adjacent to an activating group) is 1. The van der Waals surface area contributed by atoms with E-state index in [9.17, 15) is 9.59 Å². The molecule has 0 atom stereocenters. The zero-order valence-electron chi connectivity index (χ0n) is 10.0. The topological polar surface area (TPSA) is 93.5 Å². The van der Waals surface area contributed by atoms with E-state index in [0.717, 1.165) is 0 Å². The van der Waals surface area contributed by atoms with Gasteiger partial charge in [0.2, 0.25) is 5.91 Å². The number of esters is 1. The number of benzene rings is 1. The molecular formula is C11H14ClN3O3. The van der Waals surface area contributed by atoms with Crippen molar-refractivity contribution in [3.05, 3.63) is 22.7 Å². The first-order valence-corrected chi connectivity index (χ1v) is 5.49. The molecule has 0 aliphatic rings. The standard InChI is InChI=1S/C11H14ClN3O3/c1-14-9(16)5-15-10-7(11(17)18-2)3-6(13)4-8(10)12/h3-4,15H,5,13H2,1-2H3,(H,14,16). The Labute approximate surface area is 109 Å². The summed E-state index contributed by atoms with van der Waals surface area (Å²) in [5.74, 6) is -0.817. The lowest BCUT2D eigenvalue weighted by Crippen LogP contribution is -2.27. The summed E-state index contributed by atoms with van der Waals surface area (Å²) >= 11 is 5.98. The molecule has 18 heavy (non-hydrogen) atoms. The Morgan fingerprint density at radius 3 is 2.67 bits per heavy atom. The molecule has 1 aromatic carbocycles. The maximum absolute atomic E-state index is 11.6. The van der Waals surface area contributed by atoms with Crippen molar-refractivity contribution in [2.75, 3.05) is 31.8 Å². The van der Waals surface area contributed by atoms with Crippen LogP contribution in [0.3, 0.4) is 0 Å². The fraction of sp³-hybridized carbons (Fsp3) is 0.273. The minimum absolute atomic E-state index is 0.00979. The van der Waals surface area contributed by atoms with E-state index in [1.165, 1.54) is 26.3 Å². The number of hydrogen-bond donors (Lipinski definition) is 3. The van der Waals surface area contributed by atoms with Gasteiger partial charge >= 0.3 is 5.97 Å². The molecule has 0 radical (unpaired) electrons. The summed E-state index contributed by atoms with van der Waals surface area (Å²) in [6, 6.07) is 2.92. The number of hydrogen-bond acceptors (Lipinski definition) is 5. The number of nitrogen functional groups attached to an aromatic ring is 1. The van der Waals surface area contributed by atoms with Gasteiger partial charge in [-0.15, -0.1) is 0 Å². The maximum atomic E-state index is 11.6. The predicted molar refractivity (Wildman–Crippen MR) is 69.8 cm³/mol. The van der Waals surface area contributed by atoms with Crippen LogP contribution in [0.5, 0.6) is 0 Å². The molecule has 0 saturated heterocycles. The van der Waals surface area contributed by atoms with Crippen LogP contribution in [0.25, 0.3) is 0 Å². The lowest BCUT2D eigenvalue weighted by molar-refractivity contribution is -0.118. The van der Waals surface area contributed by atoms with Crippen LogP contribution in [0.4, 0.5) is 11.4 Å². The molecule has 7 heteroatoms. The number of anilines is 2. The van der Waals surface area contributed by atoms with E-state index >= 15 is 0 Å². The quantitative estimate of drug-likeness (QED) is 0.558. The number of ether oxygens (including phenoxy) is 1. The fourth-order valence-electron chi connectivity index (χ4n) is 1.34. The number of carbonyl (C=O) groups excluding carboxylic acids is 2. The van der Waals surface area contributed by atoms with Gasteiger partial charge in [0, 0.05) is 12.7 Å². The normalized spacial score (nSPS) is 9.72. The van der Waals surface area contributed by atoms with E-state index in [1.54, 1.807) is 0 Å². The highest BCUT2D eigenvalue weighted by molar-refractivity contribution is 6.34. The van der Waals surface area contributed by atoms with Crippen molar-refractivity contribution in [2.24, 2.45) is 0 Å². The number of nitrogens with one attached hydrogen (secondary N) is 2. The highest BCUT2D eigenvalue weighted by Gasteiger charge is 2.16. The third-order valence-electron chi connectivity index (χ3n) is 2.22. The van der Waals surface area contributed by atoms with Crippen LogP contribution in [0.15, 0.2) is 12.1 Å². The van der Waals surface area contributed by atoms with E-state index in [0.29, 0.717) is 11.4 Å². The molecule has 0 aliphatic carbocycles. The van der Waals surface area contributed by atoms with Crippen molar-refractivity contribution >= 4 is 34.9 Å². The molecule has 0 aliphatic heterocycles. The Balaban J connectivity index is 3.07. The fourth-order valence-corrected chi connectivity index (χ4v) is 1.63. The van der Waals surface area contributed by atoms with Crippen molar-refractivity contribution in [1.82, 2.24) is 5.32 Å². The molecule has 0 saturated carbocycles. The van der Waals surface area contributed by atoms with Gasteiger partial charge in [0.1, 0.15) is 0 Å². The summed E-state index contributed by atoms with van der Waals surface area (Å²) in [6.07, 6.45) is 0. The summed E-state index contributed by atoms with van der Waals surface area (Å²) in [6.45, 7) is -0.00979. The Bertz CT molecular complexity index is 477. The Morgan fingerprint density at radius 1 is 1.44 bits per heavy atom. The molecule has 0 aromatic heterocycles. The molecule has 0 unspecified atom stereocenters. The second-order valence-corrected chi connectivity index (χ2v) is 3.85. The summed E-state index contributed by atoms with van der Waals surface area (Å²) in [7, 11) is 2.76. The largest absolute Gasteiger partial charge is 0.465 e. The average molecular weight is 272 g/mol. The molecule has 1 aromatic rings. The molecule has 0 fully saturated rings. The van der Waals surface area contributed by atoms with E-state index in [1.807, 2.05) is 0 Å². The summed E-state index contributed by atoms with van der Waals surface area (Å²) < 4.78 is 4.63. The molecule has 4 N–H and O–H groups in total. The first-order chi connectivity index (χ1) is 8.49. The van der Waals surface area contributed by atoms with Gasteiger partial charge in [-0.05, 0) is 12.1 Å². The highest BCUT2D eigenvalue weighted by atomic mass is 35.5. The van der Waals surface area contributed by atoms with Crippen LogP contribution >= 0.6 is 11.6 Å². The van der Waals surface area contributed by atoms with Gasteiger partial charge in [0.05, 0.1) is 29.9 Å². The zero-order valence-corrected chi connectivity index (χ0v) is 10.8. The van der Waals surface area contributed by atoms with Crippen molar-refractivity contribution in [2.45, 2.75) is 0 Å². The van der Waals surface area contributed by atoms with Crippen LogP contribution in [0, 0.1) is 0 Å². The third-order valence-corrected chi connectivity index (χ3v) is 2.52. The Hall–Kier alpha value is -1.95. The third kappa shape index (κ3) is 3.27. The van der Waals surface area contributed by atoms with Gasteiger partial charge < -0.3 is 21.1 Å². The van der Waals surface area contributed by atoms with Gasteiger partial charge in [-0.1, -0.05) is 11.6 Å². The van der Waals surface area contributed by atoms with Gasteiger partial charge in [-0.25, -0.2) is 4.79 Å². The number of halogens is 1. The minimum atomic E-state index is -0.580. The molecule has 1 rings (SSSR count). The van der Waals surface area contributed by atoms with Crippen LogP contribution in [0.2, 0.25) is 5.02 Å². The Kier molecular flexibility index (Phi) is 4.79. The van der Waals surface area contributed by atoms with Crippen LogP contribution in [-0.4, -0.2) is 32.6 Å². The van der Waals surface area contributed by atoms with Crippen molar-refractivity contribution in [3.8, 4) is 0 Å². The van der Waals surface area contributed by atoms with E-state index < -0.39 is 5.97 Å². The van der Waals surface area contributed by atoms with E-state index in [-0.39, 0.29) is 23.0 Å². The summed E-state index contributed by atoms with van der Waals surface area (Å²) in [5, 5.41) is 5.47. The number of carbonyl (C=O) groups is 2. The lowest BCUT2D eigenvalue weighted by atomic mass is 10.1. The van der Waals surface area contributed by atoms with Gasteiger partial charge in [-0.2, -0.15) is 0 Å². The smallest absolute Gasteiger partial charge is 0.340 e. The highest BCUT2D eigenvalue weighted by Crippen LogP contribution is 2.29. The van der Waals surface area contributed by atoms with Crippen LogP contribution in [-0.2, 0) is 9.53 Å². The molecule has 0 bridgehead atoms. The van der Waals surface area contributed by atoms with Crippen molar-refractivity contribution in [1.29, 1.82) is 0 Å². The van der Waals surface area contributed by atoms with Crippen molar-refractivity contribution in [3.63, 3.8) is 0 Å². The zero-order chi connectivity index (χ0) is 13.7. The molecule has 98 valence electrons. The maximum Gasteiger partial charge on any atom is 0.340 e. The SMILES string of the molecule is CNC(=O)CNc1c(Cl)cc(N)cc1C(=O)OC. The summed E-state index contributed by atoms with van der Waals surface area (Å²) in [4.78, 5) is 22.7. The monoisotopic (exact) mass is 271 g/mol. The number of methoxy groups -OCH3 is 1. The van der Waals surface area contributed by atoms with E-state index in [2.05, 4.69) is 15.4 Å².